The summed E-state index contributed by atoms with van der Waals surface area (Å²) in [7, 11) is 0. The molecule has 0 bridgehead atoms. The summed E-state index contributed by atoms with van der Waals surface area (Å²) in [6.45, 7) is 4.39. The maximum Gasteiger partial charge on any atom is 0.192 e. The van der Waals surface area contributed by atoms with Crippen LogP contribution < -0.4 is 4.74 Å². The molecule has 21 heavy (non-hydrogen) atoms. The predicted octanol–water partition coefficient (Wildman–Crippen LogP) is 4.37. The number of nitrogens with zero attached hydrogens (tertiary/aromatic N) is 1. The summed E-state index contributed by atoms with van der Waals surface area (Å²) < 4.78 is 7.68. The number of rotatable bonds is 5. The lowest BCUT2D eigenvalue weighted by atomic mass is 10.2. The Morgan fingerprint density at radius 2 is 2.14 bits per heavy atom. The Morgan fingerprint density at radius 3 is 2.86 bits per heavy atom. The average Bonchev–Trinajstić information content (AvgIpc) is 3.07. The van der Waals surface area contributed by atoms with Crippen LogP contribution in [0.1, 0.15) is 23.5 Å². The quantitative estimate of drug-likeness (QED) is 0.655. The average molecular weight is 299 g/mol. The second-order valence-corrected chi connectivity index (χ2v) is 6.18. The fourth-order valence-corrected chi connectivity index (χ4v) is 2.99. The normalized spacial score (nSPS) is 11.2. The molecule has 3 rings (SSSR count). The second kappa shape index (κ2) is 5.74. The van der Waals surface area contributed by atoms with E-state index < -0.39 is 0 Å². The van der Waals surface area contributed by atoms with Crippen LogP contribution in [0.5, 0.6) is 5.75 Å². The summed E-state index contributed by atoms with van der Waals surface area (Å²) in [5, 5.41) is 3.02. The highest BCUT2D eigenvalue weighted by Crippen LogP contribution is 2.23. The Bertz CT molecular complexity index is 756. The maximum atomic E-state index is 12.2. The molecule has 0 amide bonds. The molecule has 0 spiro atoms. The molecule has 0 fully saturated rings. The van der Waals surface area contributed by atoms with Crippen LogP contribution in [0.4, 0.5) is 0 Å². The number of thiophene rings is 1. The number of Topliss-reactive ketones (excluding diaryl/α,β-unsaturated/α-hetero) is 1. The topological polar surface area (TPSA) is 31.2 Å². The van der Waals surface area contributed by atoms with Crippen LogP contribution in [-0.4, -0.2) is 16.5 Å². The summed E-state index contributed by atoms with van der Waals surface area (Å²) in [4.78, 5) is 13.0. The monoisotopic (exact) mass is 299 g/mol. The molecule has 4 heteroatoms. The van der Waals surface area contributed by atoms with Crippen molar-refractivity contribution in [3.63, 3.8) is 0 Å². The third-order valence-electron chi connectivity index (χ3n) is 3.22. The van der Waals surface area contributed by atoms with Crippen molar-refractivity contribution in [2.45, 2.75) is 26.5 Å². The standard InChI is InChI=1S/C17H17NO2S/c1-12(2)20-14-5-6-15-13(10-14)7-8-18(15)11-16(19)17-4-3-9-21-17/h3-10,12H,11H2,1-2H3. The van der Waals surface area contributed by atoms with Gasteiger partial charge in [-0.3, -0.25) is 4.79 Å². The zero-order valence-corrected chi connectivity index (χ0v) is 12.9. The molecule has 2 heterocycles. The van der Waals surface area contributed by atoms with Crippen molar-refractivity contribution in [3.8, 4) is 5.75 Å². The number of ketones is 1. The number of carbonyl (C=O) groups excluding carboxylic acids is 1. The van der Waals surface area contributed by atoms with Crippen molar-refractivity contribution >= 4 is 28.0 Å². The first-order valence-electron chi connectivity index (χ1n) is 6.96. The highest BCUT2D eigenvalue weighted by Gasteiger charge is 2.10. The highest BCUT2D eigenvalue weighted by molar-refractivity contribution is 7.12. The van der Waals surface area contributed by atoms with Crippen LogP contribution in [0.25, 0.3) is 10.9 Å². The van der Waals surface area contributed by atoms with E-state index in [2.05, 4.69) is 0 Å². The third kappa shape index (κ3) is 3.00. The van der Waals surface area contributed by atoms with Gasteiger partial charge in [-0.2, -0.15) is 0 Å². The van der Waals surface area contributed by atoms with Crippen molar-refractivity contribution in [1.82, 2.24) is 4.57 Å². The number of hydrogen-bond donors (Lipinski definition) is 0. The van der Waals surface area contributed by atoms with Crippen LogP contribution in [0.15, 0.2) is 48.0 Å². The lowest BCUT2D eigenvalue weighted by molar-refractivity contribution is 0.0977. The molecule has 108 valence electrons. The van der Waals surface area contributed by atoms with Gasteiger partial charge in [0.1, 0.15) is 5.75 Å². The first-order valence-corrected chi connectivity index (χ1v) is 7.84. The van der Waals surface area contributed by atoms with Gasteiger partial charge in [0.15, 0.2) is 5.78 Å². The van der Waals surface area contributed by atoms with Gasteiger partial charge in [0.2, 0.25) is 0 Å². The zero-order valence-electron chi connectivity index (χ0n) is 12.1. The Kier molecular flexibility index (Phi) is 3.80. The summed E-state index contributed by atoms with van der Waals surface area (Å²) in [5.74, 6) is 1.00. The Balaban J connectivity index is 1.85. The van der Waals surface area contributed by atoms with Crippen LogP contribution in [0, 0.1) is 0 Å². The van der Waals surface area contributed by atoms with Crippen LogP contribution >= 0.6 is 11.3 Å². The molecule has 0 saturated heterocycles. The minimum Gasteiger partial charge on any atom is -0.491 e. The zero-order chi connectivity index (χ0) is 14.8. The van der Waals surface area contributed by atoms with Crippen molar-refractivity contribution < 1.29 is 9.53 Å². The van der Waals surface area contributed by atoms with Crippen molar-refractivity contribution in [2.75, 3.05) is 0 Å². The van der Waals surface area contributed by atoms with Gasteiger partial charge in [-0.05, 0) is 49.6 Å². The molecule has 3 nitrogen and oxygen atoms in total. The van der Waals surface area contributed by atoms with Gasteiger partial charge in [-0.1, -0.05) is 6.07 Å². The molecule has 0 radical (unpaired) electrons. The number of ether oxygens (including phenoxy) is 1. The van der Waals surface area contributed by atoms with E-state index in [1.807, 2.05) is 66.4 Å². The number of hydrogen-bond acceptors (Lipinski definition) is 3. The van der Waals surface area contributed by atoms with E-state index in [1.165, 1.54) is 11.3 Å². The van der Waals surface area contributed by atoms with Crippen LogP contribution in [-0.2, 0) is 6.54 Å². The fourth-order valence-electron chi connectivity index (χ4n) is 2.33. The second-order valence-electron chi connectivity index (χ2n) is 5.23. The molecular formula is C17H17NO2S. The van der Waals surface area contributed by atoms with E-state index >= 15 is 0 Å². The molecule has 1 aromatic carbocycles. The van der Waals surface area contributed by atoms with Gasteiger partial charge in [-0.15, -0.1) is 11.3 Å². The van der Waals surface area contributed by atoms with Gasteiger partial charge in [-0.25, -0.2) is 0 Å². The lowest BCUT2D eigenvalue weighted by Gasteiger charge is -2.10. The number of carbonyl (C=O) groups is 1. The smallest absolute Gasteiger partial charge is 0.192 e. The first-order chi connectivity index (χ1) is 10.1. The molecular weight excluding hydrogens is 282 g/mol. The molecule has 3 aromatic rings. The van der Waals surface area contributed by atoms with Crippen LogP contribution in [0.2, 0.25) is 0 Å². The minimum absolute atomic E-state index is 0.144. The van der Waals surface area contributed by atoms with Crippen molar-refractivity contribution in [3.05, 3.63) is 52.9 Å². The van der Waals surface area contributed by atoms with Gasteiger partial charge in [0.25, 0.3) is 0 Å². The van der Waals surface area contributed by atoms with E-state index in [9.17, 15) is 4.79 Å². The number of fused-ring (bicyclic) bond motifs is 1. The molecule has 0 unspecified atom stereocenters. The SMILES string of the molecule is CC(C)Oc1ccc2c(ccn2CC(=O)c2cccs2)c1. The Labute approximate surface area is 127 Å². The van der Waals surface area contributed by atoms with Gasteiger partial charge in [0.05, 0.1) is 17.5 Å². The Hall–Kier alpha value is -2.07. The highest BCUT2D eigenvalue weighted by atomic mass is 32.1. The lowest BCUT2D eigenvalue weighted by Crippen LogP contribution is -2.08. The first kappa shape index (κ1) is 13.9. The van der Waals surface area contributed by atoms with Crippen molar-refractivity contribution in [1.29, 1.82) is 0 Å². The van der Waals surface area contributed by atoms with Crippen molar-refractivity contribution in [2.24, 2.45) is 0 Å². The molecule has 0 N–H and O–H groups in total. The van der Waals surface area contributed by atoms with E-state index in [-0.39, 0.29) is 11.9 Å². The van der Waals surface area contributed by atoms with E-state index in [0.717, 1.165) is 21.5 Å². The molecule has 0 aliphatic rings. The predicted molar refractivity (Wildman–Crippen MR) is 86.4 cm³/mol. The van der Waals surface area contributed by atoms with Crippen LogP contribution in [0.3, 0.4) is 0 Å². The fraction of sp³-hybridized carbons (Fsp3) is 0.235. The molecule has 0 aliphatic heterocycles. The minimum atomic E-state index is 0.144. The summed E-state index contributed by atoms with van der Waals surface area (Å²) in [5.41, 5.74) is 1.05. The summed E-state index contributed by atoms with van der Waals surface area (Å²) in [6.07, 6.45) is 2.11. The summed E-state index contributed by atoms with van der Waals surface area (Å²) >= 11 is 1.48. The van der Waals surface area contributed by atoms with E-state index in [4.69, 9.17) is 4.74 Å². The number of aromatic nitrogens is 1. The molecule has 0 aliphatic carbocycles. The number of benzene rings is 1. The van der Waals surface area contributed by atoms with E-state index in [1.54, 1.807) is 0 Å². The Morgan fingerprint density at radius 1 is 1.29 bits per heavy atom. The molecule has 2 aromatic heterocycles. The van der Waals surface area contributed by atoms with E-state index in [0.29, 0.717) is 6.54 Å². The van der Waals surface area contributed by atoms with Gasteiger partial charge < -0.3 is 9.30 Å². The van der Waals surface area contributed by atoms with Gasteiger partial charge in [0, 0.05) is 17.1 Å². The maximum absolute atomic E-state index is 12.2. The third-order valence-corrected chi connectivity index (χ3v) is 4.14. The molecule has 0 saturated carbocycles. The largest absolute Gasteiger partial charge is 0.491 e. The summed E-state index contributed by atoms with van der Waals surface area (Å²) in [6, 6.07) is 11.8. The van der Waals surface area contributed by atoms with Gasteiger partial charge >= 0.3 is 0 Å². The molecule has 0 atom stereocenters.